The van der Waals surface area contributed by atoms with Crippen LogP contribution >= 0.6 is 11.6 Å². The van der Waals surface area contributed by atoms with E-state index in [2.05, 4.69) is 5.10 Å². The number of para-hydroxylation sites is 1. The van der Waals surface area contributed by atoms with Crippen LogP contribution in [0.2, 0.25) is 5.02 Å². The molecule has 0 saturated heterocycles. The highest BCUT2D eigenvalue weighted by Crippen LogP contribution is 2.32. The zero-order valence-electron chi connectivity index (χ0n) is 19.4. The van der Waals surface area contributed by atoms with Crippen molar-refractivity contribution >= 4 is 34.7 Å². The molecule has 1 fully saturated rings. The Bertz CT molecular complexity index is 1260. The largest absolute Gasteiger partial charge is 0.478 e. The maximum atomic E-state index is 13.4. The van der Waals surface area contributed by atoms with Gasteiger partial charge in [0.15, 0.2) is 6.10 Å². The summed E-state index contributed by atoms with van der Waals surface area (Å²) in [6.07, 6.45) is 6.08. The third-order valence-corrected chi connectivity index (χ3v) is 6.19. The predicted molar refractivity (Wildman–Crippen MR) is 133 cm³/mol. The number of carbonyl (C=O) groups is 1. The highest BCUT2D eigenvalue weighted by atomic mass is 35.5. The first kappa shape index (κ1) is 24.0. The maximum Gasteiger partial charge on any atom is 0.347 e. The number of halogens is 1. The van der Waals surface area contributed by atoms with E-state index in [1.165, 1.54) is 17.3 Å². The van der Waals surface area contributed by atoms with Crippen molar-refractivity contribution in [3.05, 3.63) is 69.2 Å². The fraction of sp³-hybridized carbons (Fsp3) is 0.385. The molecule has 0 unspecified atom stereocenters. The van der Waals surface area contributed by atoms with Gasteiger partial charge < -0.3 is 9.47 Å². The summed E-state index contributed by atoms with van der Waals surface area (Å²) in [7, 11) is 0. The number of carbonyl (C=O) groups excluding carboxylic acids is 1. The Balaban J connectivity index is 1.75. The summed E-state index contributed by atoms with van der Waals surface area (Å²) >= 11 is 6.22. The van der Waals surface area contributed by atoms with Gasteiger partial charge in [-0.15, -0.1) is 0 Å². The molecule has 178 valence electrons. The van der Waals surface area contributed by atoms with E-state index in [9.17, 15) is 9.59 Å². The van der Waals surface area contributed by atoms with E-state index in [-0.39, 0.29) is 18.1 Å². The third kappa shape index (κ3) is 5.30. The lowest BCUT2D eigenvalue weighted by atomic mass is 9.88. The van der Waals surface area contributed by atoms with Crippen molar-refractivity contribution in [1.82, 2.24) is 9.66 Å². The van der Waals surface area contributed by atoms with Crippen molar-refractivity contribution in [3.8, 4) is 5.75 Å². The van der Waals surface area contributed by atoms with E-state index in [4.69, 9.17) is 26.1 Å². The second-order valence-electron chi connectivity index (χ2n) is 8.38. The molecule has 4 rings (SSSR count). The van der Waals surface area contributed by atoms with Gasteiger partial charge in [-0.25, -0.2) is 9.78 Å². The van der Waals surface area contributed by atoms with Gasteiger partial charge in [-0.2, -0.15) is 9.78 Å². The van der Waals surface area contributed by atoms with Crippen molar-refractivity contribution in [2.75, 3.05) is 6.61 Å². The fourth-order valence-electron chi connectivity index (χ4n) is 4.22. The Hall–Kier alpha value is -3.19. The number of hydrogen-bond acceptors (Lipinski definition) is 6. The summed E-state index contributed by atoms with van der Waals surface area (Å²) in [6.45, 7) is 3.62. The number of rotatable bonds is 7. The molecule has 0 radical (unpaired) electrons. The normalized spacial score (nSPS) is 15.5. The molecule has 2 aromatic carbocycles. The van der Waals surface area contributed by atoms with Crippen LogP contribution in [-0.4, -0.2) is 34.6 Å². The van der Waals surface area contributed by atoms with E-state index in [1.807, 2.05) is 18.2 Å². The Labute approximate surface area is 203 Å². The van der Waals surface area contributed by atoms with E-state index < -0.39 is 12.1 Å². The van der Waals surface area contributed by atoms with Crippen LogP contribution in [-0.2, 0) is 9.53 Å². The lowest BCUT2D eigenvalue weighted by molar-refractivity contribution is -0.150. The molecule has 0 bridgehead atoms. The molecule has 1 atom stereocenters. The molecular formula is C26H28ClN3O4. The van der Waals surface area contributed by atoms with Crippen LogP contribution in [0.25, 0.3) is 10.9 Å². The fourth-order valence-corrected chi connectivity index (χ4v) is 4.40. The van der Waals surface area contributed by atoms with E-state index in [0.29, 0.717) is 33.1 Å². The first-order valence-electron chi connectivity index (χ1n) is 11.7. The molecule has 1 heterocycles. The zero-order valence-corrected chi connectivity index (χ0v) is 20.1. The van der Waals surface area contributed by atoms with E-state index >= 15 is 0 Å². The second kappa shape index (κ2) is 10.8. The number of fused-ring (bicyclic) bond motifs is 1. The summed E-state index contributed by atoms with van der Waals surface area (Å²) in [6, 6.07) is 12.3. The Morgan fingerprint density at radius 2 is 2.00 bits per heavy atom. The van der Waals surface area contributed by atoms with Crippen LogP contribution in [0.1, 0.15) is 63.3 Å². The lowest BCUT2D eigenvalue weighted by Crippen LogP contribution is -2.26. The first-order chi connectivity index (χ1) is 16.5. The maximum absolute atomic E-state index is 13.4. The average Bonchev–Trinajstić information content (AvgIpc) is 2.85. The Kier molecular flexibility index (Phi) is 7.63. The van der Waals surface area contributed by atoms with E-state index in [1.54, 1.807) is 38.1 Å². The van der Waals surface area contributed by atoms with Gasteiger partial charge in [0.25, 0.3) is 5.56 Å². The van der Waals surface area contributed by atoms with Crippen LogP contribution in [0.3, 0.4) is 0 Å². The summed E-state index contributed by atoms with van der Waals surface area (Å²) in [5.41, 5.74) is 1.000. The lowest BCUT2D eigenvalue weighted by Gasteiger charge is -2.22. The van der Waals surface area contributed by atoms with Gasteiger partial charge in [0.1, 0.15) is 11.6 Å². The molecule has 0 aliphatic heterocycles. The van der Waals surface area contributed by atoms with Gasteiger partial charge in [-0.05, 0) is 57.0 Å². The molecule has 1 aliphatic carbocycles. The standard InChI is InChI=1S/C26H28ClN3O4/c1-3-33-26(32)17(2)34-23-14-13-20(27)15-19(23)16-28-30-24(18-9-5-4-6-10-18)29-22-12-8-7-11-21(22)25(30)31/h7-8,11-18H,3-6,9-10H2,1-2H3/t17-/m1/s1. The first-order valence-corrected chi connectivity index (χ1v) is 12.0. The number of esters is 1. The molecule has 0 spiro atoms. The van der Waals surface area contributed by atoms with Gasteiger partial charge >= 0.3 is 5.97 Å². The van der Waals surface area contributed by atoms with Crippen LogP contribution < -0.4 is 10.3 Å². The monoisotopic (exact) mass is 481 g/mol. The van der Waals surface area contributed by atoms with Crippen molar-refractivity contribution in [1.29, 1.82) is 0 Å². The quantitative estimate of drug-likeness (QED) is 0.337. The molecule has 3 aromatic rings. The van der Waals surface area contributed by atoms with Crippen molar-refractivity contribution in [2.45, 2.75) is 58.0 Å². The number of hydrogen-bond donors (Lipinski definition) is 0. The minimum atomic E-state index is -0.809. The summed E-state index contributed by atoms with van der Waals surface area (Å²) in [5, 5.41) is 5.55. The summed E-state index contributed by atoms with van der Waals surface area (Å²) < 4.78 is 12.3. The molecule has 0 N–H and O–H groups in total. The molecule has 7 nitrogen and oxygen atoms in total. The van der Waals surface area contributed by atoms with Crippen LogP contribution in [0.5, 0.6) is 5.75 Å². The van der Waals surface area contributed by atoms with Gasteiger partial charge in [0, 0.05) is 16.5 Å². The van der Waals surface area contributed by atoms with Gasteiger partial charge in [0.2, 0.25) is 0 Å². The second-order valence-corrected chi connectivity index (χ2v) is 8.81. The molecule has 1 aromatic heterocycles. The van der Waals surface area contributed by atoms with Crippen LogP contribution in [0.4, 0.5) is 0 Å². The molecule has 1 aliphatic rings. The number of benzene rings is 2. The zero-order chi connectivity index (χ0) is 24.1. The molecular weight excluding hydrogens is 454 g/mol. The summed E-state index contributed by atoms with van der Waals surface area (Å²) in [4.78, 5) is 30.3. The van der Waals surface area contributed by atoms with Crippen molar-refractivity contribution < 1.29 is 14.3 Å². The number of nitrogens with zero attached hydrogens (tertiary/aromatic N) is 3. The average molecular weight is 482 g/mol. The van der Waals surface area contributed by atoms with Gasteiger partial charge in [0.05, 0.1) is 23.7 Å². The van der Waals surface area contributed by atoms with Gasteiger partial charge in [-0.1, -0.05) is 43.0 Å². The number of aromatic nitrogens is 2. The highest BCUT2D eigenvalue weighted by molar-refractivity contribution is 6.30. The van der Waals surface area contributed by atoms with Crippen molar-refractivity contribution in [2.24, 2.45) is 5.10 Å². The minimum absolute atomic E-state index is 0.169. The molecule has 8 heteroatoms. The van der Waals surface area contributed by atoms with Crippen molar-refractivity contribution in [3.63, 3.8) is 0 Å². The topological polar surface area (TPSA) is 82.8 Å². The Morgan fingerprint density at radius 1 is 1.24 bits per heavy atom. The minimum Gasteiger partial charge on any atom is -0.478 e. The number of ether oxygens (including phenoxy) is 2. The van der Waals surface area contributed by atoms with E-state index in [0.717, 1.165) is 25.7 Å². The smallest absolute Gasteiger partial charge is 0.347 e. The highest BCUT2D eigenvalue weighted by Gasteiger charge is 2.22. The van der Waals surface area contributed by atoms with Crippen LogP contribution in [0.15, 0.2) is 52.4 Å². The predicted octanol–water partition coefficient (Wildman–Crippen LogP) is 5.31. The summed E-state index contributed by atoms with van der Waals surface area (Å²) in [5.74, 6) is 0.788. The molecule has 34 heavy (non-hydrogen) atoms. The van der Waals surface area contributed by atoms with Crippen LogP contribution in [0, 0.1) is 0 Å². The molecule has 1 saturated carbocycles. The molecule has 0 amide bonds. The SMILES string of the molecule is CCOC(=O)[C@@H](C)Oc1ccc(Cl)cc1C=Nn1c(C2CCCCC2)nc2ccccc2c1=O. The Morgan fingerprint density at radius 3 is 2.76 bits per heavy atom. The third-order valence-electron chi connectivity index (χ3n) is 5.96. The van der Waals surface area contributed by atoms with Gasteiger partial charge in [-0.3, -0.25) is 4.79 Å².